The van der Waals surface area contributed by atoms with E-state index in [0.717, 1.165) is 5.56 Å². The van der Waals surface area contributed by atoms with Crippen LogP contribution in [0.3, 0.4) is 0 Å². The van der Waals surface area contributed by atoms with Crippen molar-refractivity contribution in [3.05, 3.63) is 77.9 Å². The van der Waals surface area contributed by atoms with Crippen molar-refractivity contribution < 1.29 is 13.9 Å². The molecule has 27 heavy (non-hydrogen) atoms. The van der Waals surface area contributed by atoms with Gasteiger partial charge in [0.05, 0.1) is 12.2 Å². The quantitative estimate of drug-likeness (QED) is 0.672. The Balaban J connectivity index is 1.70. The Bertz CT molecular complexity index is 926. The van der Waals surface area contributed by atoms with Crippen molar-refractivity contribution in [2.45, 2.75) is 13.0 Å². The first kappa shape index (κ1) is 18.6. The minimum absolute atomic E-state index is 0.237. The molecule has 2 aromatic carbocycles. The number of amides is 1. The highest BCUT2D eigenvalue weighted by Crippen LogP contribution is 2.18. The zero-order chi connectivity index (χ0) is 19.2. The van der Waals surface area contributed by atoms with E-state index >= 15 is 0 Å². The van der Waals surface area contributed by atoms with Crippen molar-refractivity contribution in [3.63, 3.8) is 0 Å². The normalized spacial score (nSPS) is 11.8. The molecule has 0 bridgehead atoms. The van der Waals surface area contributed by atoms with Crippen LogP contribution in [0.4, 0.5) is 4.39 Å². The van der Waals surface area contributed by atoms with E-state index in [1.807, 2.05) is 6.92 Å². The molecule has 0 radical (unpaired) electrons. The molecule has 0 fully saturated rings. The van der Waals surface area contributed by atoms with E-state index in [1.165, 1.54) is 10.7 Å². The van der Waals surface area contributed by atoms with Gasteiger partial charge in [-0.05, 0) is 37.3 Å². The number of ether oxygens (including phenoxy) is 1. The lowest BCUT2D eigenvalue weighted by Crippen LogP contribution is -2.26. The Hall–Kier alpha value is -3.19. The number of para-hydroxylation sites is 1. The van der Waals surface area contributed by atoms with Crippen LogP contribution in [-0.2, 0) is 0 Å². The van der Waals surface area contributed by atoms with Gasteiger partial charge < -0.3 is 15.8 Å². The third kappa shape index (κ3) is 4.51. The number of hydrogen-bond acceptors (Lipinski definition) is 4. The summed E-state index contributed by atoms with van der Waals surface area (Å²) >= 11 is 0. The molecule has 0 aliphatic heterocycles. The average molecular weight is 368 g/mol. The van der Waals surface area contributed by atoms with E-state index in [1.54, 1.807) is 54.9 Å². The number of carbonyl (C=O) groups excluding carboxylic acids is 1. The molecule has 3 rings (SSSR count). The van der Waals surface area contributed by atoms with Crippen LogP contribution in [0.5, 0.6) is 5.75 Å². The van der Waals surface area contributed by atoms with Gasteiger partial charge in [0.1, 0.15) is 23.9 Å². The topological polar surface area (TPSA) is 82.2 Å². The van der Waals surface area contributed by atoms with Crippen molar-refractivity contribution >= 4 is 5.91 Å². The summed E-state index contributed by atoms with van der Waals surface area (Å²) in [6.45, 7) is 2.63. The minimum atomic E-state index is -0.363. The van der Waals surface area contributed by atoms with Crippen molar-refractivity contribution in [1.29, 1.82) is 0 Å². The molecule has 0 aliphatic carbocycles. The fourth-order valence-corrected chi connectivity index (χ4v) is 2.60. The average Bonchev–Trinajstić information content (AvgIpc) is 3.17. The van der Waals surface area contributed by atoms with Crippen molar-refractivity contribution in [2.75, 3.05) is 13.2 Å². The summed E-state index contributed by atoms with van der Waals surface area (Å²) < 4.78 is 20.8. The molecule has 0 saturated carbocycles. The van der Waals surface area contributed by atoms with Crippen molar-refractivity contribution in [1.82, 2.24) is 15.1 Å². The molecule has 1 aromatic heterocycles. The van der Waals surface area contributed by atoms with Crippen LogP contribution in [0, 0.1) is 5.82 Å². The van der Waals surface area contributed by atoms with Crippen molar-refractivity contribution in [2.24, 2.45) is 5.73 Å². The lowest BCUT2D eigenvalue weighted by atomic mass is 10.1. The molecule has 7 heteroatoms. The van der Waals surface area contributed by atoms with E-state index in [-0.39, 0.29) is 17.8 Å². The predicted molar refractivity (Wildman–Crippen MR) is 100 cm³/mol. The molecule has 0 spiro atoms. The second-order valence-electron chi connectivity index (χ2n) is 6.03. The van der Waals surface area contributed by atoms with E-state index in [2.05, 4.69) is 10.4 Å². The molecular formula is C20H21FN4O2. The van der Waals surface area contributed by atoms with E-state index in [4.69, 9.17) is 10.5 Å². The number of benzene rings is 2. The fourth-order valence-electron chi connectivity index (χ4n) is 2.60. The van der Waals surface area contributed by atoms with Gasteiger partial charge in [0, 0.05) is 23.9 Å². The number of rotatable bonds is 7. The smallest absolute Gasteiger partial charge is 0.251 e. The van der Waals surface area contributed by atoms with Gasteiger partial charge in [-0.3, -0.25) is 4.79 Å². The number of nitrogens with one attached hydrogen (secondary N) is 1. The zero-order valence-electron chi connectivity index (χ0n) is 14.9. The van der Waals surface area contributed by atoms with E-state index in [9.17, 15) is 9.18 Å². The lowest BCUT2D eigenvalue weighted by molar-refractivity contribution is 0.0939. The summed E-state index contributed by atoms with van der Waals surface area (Å²) in [6.07, 6.45) is 3.31. The first-order chi connectivity index (χ1) is 13.1. The molecule has 1 heterocycles. The van der Waals surface area contributed by atoms with Crippen LogP contribution in [-0.4, -0.2) is 28.8 Å². The van der Waals surface area contributed by atoms with Crippen LogP contribution in [0.15, 0.2) is 60.9 Å². The third-order valence-electron chi connectivity index (χ3n) is 4.03. The van der Waals surface area contributed by atoms with Crippen LogP contribution in [0.2, 0.25) is 0 Å². The minimum Gasteiger partial charge on any atom is -0.492 e. The highest BCUT2D eigenvalue weighted by Gasteiger charge is 2.15. The van der Waals surface area contributed by atoms with Gasteiger partial charge in [0.25, 0.3) is 5.91 Å². The van der Waals surface area contributed by atoms with E-state index in [0.29, 0.717) is 30.2 Å². The second kappa shape index (κ2) is 8.46. The largest absolute Gasteiger partial charge is 0.492 e. The van der Waals surface area contributed by atoms with Gasteiger partial charge in [-0.25, -0.2) is 9.07 Å². The first-order valence-corrected chi connectivity index (χ1v) is 8.61. The Morgan fingerprint density at radius 2 is 2.11 bits per heavy atom. The molecule has 3 aromatic rings. The van der Waals surface area contributed by atoms with Gasteiger partial charge >= 0.3 is 0 Å². The number of carbonyl (C=O) groups is 1. The molecule has 1 unspecified atom stereocenters. The molecule has 140 valence electrons. The van der Waals surface area contributed by atoms with Crippen LogP contribution < -0.4 is 15.8 Å². The van der Waals surface area contributed by atoms with Crippen molar-refractivity contribution in [3.8, 4) is 11.4 Å². The molecule has 0 aliphatic rings. The SMILES string of the molecule is CC(NC(=O)c1cccc(OCCN)c1)c1cnn(-c2ccccc2F)c1. The monoisotopic (exact) mass is 368 g/mol. The van der Waals surface area contributed by atoms with E-state index < -0.39 is 0 Å². The highest BCUT2D eigenvalue weighted by molar-refractivity contribution is 5.94. The molecule has 3 N–H and O–H groups in total. The number of aromatic nitrogens is 2. The maximum absolute atomic E-state index is 13.9. The van der Waals surface area contributed by atoms with Crippen LogP contribution in [0.25, 0.3) is 5.69 Å². The van der Waals surface area contributed by atoms with Crippen LogP contribution >= 0.6 is 0 Å². The maximum Gasteiger partial charge on any atom is 0.251 e. The summed E-state index contributed by atoms with van der Waals surface area (Å²) in [5, 5.41) is 7.10. The lowest BCUT2D eigenvalue weighted by Gasteiger charge is -2.13. The van der Waals surface area contributed by atoms with Gasteiger partial charge in [0.2, 0.25) is 0 Å². The number of halogens is 1. The summed E-state index contributed by atoms with van der Waals surface area (Å²) in [4.78, 5) is 12.5. The number of nitrogens with two attached hydrogens (primary N) is 1. The van der Waals surface area contributed by atoms with Gasteiger partial charge in [-0.15, -0.1) is 0 Å². The second-order valence-corrected chi connectivity index (χ2v) is 6.03. The molecule has 0 saturated heterocycles. The Kier molecular flexibility index (Phi) is 5.83. The van der Waals surface area contributed by atoms with Gasteiger partial charge in [-0.2, -0.15) is 5.10 Å². The summed E-state index contributed by atoms with van der Waals surface area (Å²) in [5.41, 5.74) is 7.03. The molecule has 1 atom stereocenters. The Morgan fingerprint density at radius 1 is 1.30 bits per heavy atom. The highest BCUT2D eigenvalue weighted by atomic mass is 19.1. The number of hydrogen-bond donors (Lipinski definition) is 2. The Morgan fingerprint density at radius 3 is 2.89 bits per heavy atom. The number of nitrogens with zero attached hydrogens (tertiary/aromatic N) is 2. The van der Waals surface area contributed by atoms with Gasteiger partial charge in [-0.1, -0.05) is 18.2 Å². The summed E-state index contributed by atoms with van der Waals surface area (Å²) in [7, 11) is 0. The zero-order valence-corrected chi connectivity index (χ0v) is 14.9. The first-order valence-electron chi connectivity index (χ1n) is 8.61. The summed E-state index contributed by atoms with van der Waals surface area (Å²) in [6, 6.07) is 13.0. The van der Waals surface area contributed by atoms with Gasteiger partial charge in [0.15, 0.2) is 0 Å². The Labute approximate surface area is 156 Å². The standard InChI is InChI=1S/C20H21FN4O2/c1-14(16-12-23-25(13-16)19-8-3-2-7-18(19)21)24-20(26)15-5-4-6-17(11-15)27-10-9-22/h2-8,11-14H,9-10,22H2,1H3,(H,24,26). The summed E-state index contributed by atoms with van der Waals surface area (Å²) in [5.74, 6) is -0.00871. The molecule has 1 amide bonds. The van der Waals surface area contributed by atoms with Crippen LogP contribution in [0.1, 0.15) is 28.9 Å². The molecular weight excluding hydrogens is 347 g/mol. The predicted octanol–water partition coefficient (Wildman–Crippen LogP) is 2.84. The third-order valence-corrected chi connectivity index (χ3v) is 4.03. The fraction of sp³-hybridized carbons (Fsp3) is 0.200. The maximum atomic E-state index is 13.9. The molecule has 6 nitrogen and oxygen atoms in total.